The Balaban J connectivity index is 1.54. The summed E-state index contributed by atoms with van der Waals surface area (Å²) in [5.41, 5.74) is 1.83. The summed E-state index contributed by atoms with van der Waals surface area (Å²) in [5.74, 6) is 0.840. The molecule has 1 aromatic heterocycles. The summed E-state index contributed by atoms with van der Waals surface area (Å²) in [6, 6.07) is 11.6. The zero-order valence-electron chi connectivity index (χ0n) is 16.1. The van der Waals surface area contributed by atoms with Crippen LogP contribution in [-0.4, -0.2) is 60.9 Å². The minimum Gasteiger partial charge on any atom is -0.339 e. The third-order valence-electron chi connectivity index (χ3n) is 5.02. The topological polar surface area (TPSA) is 70.6 Å². The van der Waals surface area contributed by atoms with Gasteiger partial charge in [-0.05, 0) is 48.7 Å². The fourth-order valence-electron chi connectivity index (χ4n) is 3.23. The molecule has 1 aromatic carbocycles. The van der Waals surface area contributed by atoms with Gasteiger partial charge in [0.1, 0.15) is 0 Å². The predicted octanol–water partition coefficient (Wildman–Crippen LogP) is 2.87. The Kier molecular flexibility index (Phi) is 6.74. The first-order valence-electron chi connectivity index (χ1n) is 9.18. The zero-order valence-corrected chi connectivity index (χ0v) is 17.7. The van der Waals surface area contributed by atoms with Gasteiger partial charge in [-0.3, -0.25) is 9.78 Å². The molecule has 1 fully saturated rings. The lowest BCUT2D eigenvalue weighted by molar-refractivity contribution is 0.0686. The van der Waals surface area contributed by atoms with Crippen LogP contribution in [0.5, 0.6) is 0 Å². The van der Waals surface area contributed by atoms with E-state index in [0.29, 0.717) is 31.5 Å². The number of sulfonamides is 1. The number of hydrogen-bond acceptors (Lipinski definition) is 5. The highest BCUT2D eigenvalue weighted by Gasteiger charge is 2.29. The van der Waals surface area contributed by atoms with Crippen molar-refractivity contribution in [3.8, 4) is 0 Å². The lowest BCUT2D eigenvalue weighted by Crippen LogP contribution is -2.47. The highest BCUT2D eigenvalue weighted by atomic mass is 32.2. The van der Waals surface area contributed by atoms with Crippen molar-refractivity contribution in [3.05, 3.63) is 59.9 Å². The number of rotatable bonds is 6. The number of likely N-dealkylation sites (tertiary alicyclic amines) is 1. The molecule has 1 aliphatic heterocycles. The molecule has 0 radical (unpaired) electrons. The smallest absolute Gasteiger partial charge is 0.253 e. The van der Waals surface area contributed by atoms with Crippen molar-refractivity contribution >= 4 is 27.7 Å². The van der Waals surface area contributed by atoms with E-state index >= 15 is 0 Å². The average molecular weight is 420 g/mol. The highest BCUT2D eigenvalue weighted by molar-refractivity contribution is 7.98. The van der Waals surface area contributed by atoms with Gasteiger partial charge in [-0.1, -0.05) is 6.07 Å². The van der Waals surface area contributed by atoms with Crippen LogP contribution < -0.4 is 0 Å². The van der Waals surface area contributed by atoms with Gasteiger partial charge in [-0.15, -0.1) is 11.8 Å². The molecule has 1 aliphatic rings. The van der Waals surface area contributed by atoms with E-state index < -0.39 is 10.0 Å². The van der Waals surface area contributed by atoms with Crippen LogP contribution in [0.25, 0.3) is 0 Å². The summed E-state index contributed by atoms with van der Waals surface area (Å²) in [4.78, 5) is 19.8. The molecule has 2 heterocycles. The van der Waals surface area contributed by atoms with Crippen LogP contribution in [0, 0.1) is 0 Å². The van der Waals surface area contributed by atoms with E-state index in [1.807, 2.05) is 47.5 Å². The first-order valence-corrected chi connectivity index (χ1v) is 12.0. The van der Waals surface area contributed by atoms with E-state index in [-0.39, 0.29) is 11.9 Å². The van der Waals surface area contributed by atoms with Gasteiger partial charge in [-0.25, -0.2) is 12.7 Å². The van der Waals surface area contributed by atoms with Crippen LogP contribution in [-0.2, 0) is 15.8 Å². The largest absolute Gasteiger partial charge is 0.339 e. The number of aromatic nitrogens is 1. The number of hydrogen-bond donors (Lipinski definition) is 0. The molecule has 2 aromatic rings. The van der Waals surface area contributed by atoms with Crippen molar-refractivity contribution in [1.82, 2.24) is 14.2 Å². The lowest BCUT2D eigenvalue weighted by atomic mass is 10.0. The number of amides is 1. The molecule has 0 atom stereocenters. The Morgan fingerprint density at radius 1 is 1.21 bits per heavy atom. The predicted molar refractivity (Wildman–Crippen MR) is 112 cm³/mol. The van der Waals surface area contributed by atoms with Crippen molar-refractivity contribution in [2.45, 2.75) is 29.5 Å². The van der Waals surface area contributed by atoms with Gasteiger partial charge in [0.15, 0.2) is 0 Å². The lowest BCUT2D eigenvalue weighted by Gasteiger charge is -2.35. The molecule has 0 saturated carbocycles. The van der Waals surface area contributed by atoms with E-state index in [2.05, 4.69) is 4.98 Å². The number of piperidine rings is 1. The highest BCUT2D eigenvalue weighted by Crippen LogP contribution is 2.24. The third-order valence-corrected chi connectivity index (χ3v) is 7.45. The van der Waals surface area contributed by atoms with Gasteiger partial charge >= 0.3 is 0 Å². The molecule has 28 heavy (non-hydrogen) atoms. The Morgan fingerprint density at radius 3 is 2.46 bits per heavy atom. The Bertz CT molecular complexity index is 894. The Morgan fingerprint density at radius 2 is 1.89 bits per heavy atom. The van der Waals surface area contributed by atoms with Crippen LogP contribution in [0.15, 0.2) is 53.7 Å². The number of nitrogens with zero attached hydrogens (tertiary/aromatic N) is 3. The average Bonchev–Trinajstić information content (AvgIpc) is 2.72. The number of benzene rings is 1. The summed E-state index contributed by atoms with van der Waals surface area (Å²) in [6.45, 7) is 1.14. The minimum atomic E-state index is -3.20. The molecule has 1 saturated heterocycles. The molecule has 0 N–H and O–H groups in total. The molecule has 0 unspecified atom stereocenters. The molecule has 3 rings (SSSR count). The van der Waals surface area contributed by atoms with E-state index in [4.69, 9.17) is 0 Å². The fourth-order valence-corrected chi connectivity index (χ4v) is 4.81. The first-order chi connectivity index (χ1) is 13.3. The maximum atomic E-state index is 12.7. The van der Waals surface area contributed by atoms with E-state index in [0.717, 1.165) is 16.2 Å². The summed E-state index contributed by atoms with van der Waals surface area (Å²) >= 11 is 1.71. The monoisotopic (exact) mass is 419 g/mol. The third kappa shape index (κ3) is 5.33. The maximum absolute atomic E-state index is 12.7. The number of thioether (sulfide) groups is 1. The molecule has 0 bridgehead atoms. The molecule has 0 aliphatic carbocycles. The van der Waals surface area contributed by atoms with Gasteiger partial charge in [0.25, 0.3) is 5.91 Å². The summed E-state index contributed by atoms with van der Waals surface area (Å²) in [5, 5.41) is 0. The van der Waals surface area contributed by atoms with Crippen molar-refractivity contribution in [3.63, 3.8) is 0 Å². The zero-order chi connectivity index (χ0) is 20.1. The normalized spacial score (nSPS) is 15.8. The standard InChI is InChI=1S/C20H25N3O3S2/c1-22(28(2,25)26)18-9-12-23(13-10-18)20(24)17-5-7-19(8-6-17)27-15-16-4-3-11-21-14-16/h3-8,11,14,18H,9-10,12-13,15H2,1-2H3. The second-order valence-electron chi connectivity index (χ2n) is 6.98. The van der Waals surface area contributed by atoms with Crippen LogP contribution in [0.2, 0.25) is 0 Å². The molecule has 0 spiro atoms. The molecule has 150 valence electrons. The molecule has 1 amide bonds. The summed E-state index contributed by atoms with van der Waals surface area (Å²) in [6.07, 6.45) is 6.16. The molecule has 6 nitrogen and oxygen atoms in total. The van der Waals surface area contributed by atoms with Gasteiger partial charge in [0.05, 0.1) is 6.26 Å². The quantitative estimate of drug-likeness (QED) is 0.674. The van der Waals surface area contributed by atoms with Gasteiger partial charge in [-0.2, -0.15) is 0 Å². The van der Waals surface area contributed by atoms with Gasteiger partial charge < -0.3 is 4.90 Å². The van der Waals surface area contributed by atoms with Crippen LogP contribution in [0.1, 0.15) is 28.8 Å². The van der Waals surface area contributed by atoms with Crippen molar-refractivity contribution in [2.75, 3.05) is 26.4 Å². The van der Waals surface area contributed by atoms with Gasteiger partial charge in [0, 0.05) is 54.8 Å². The van der Waals surface area contributed by atoms with Crippen LogP contribution >= 0.6 is 11.8 Å². The Labute approximate surface area is 171 Å². The minimum absolute atomic E-state index is 0.00395. The Hall–Kier alpha value is -1.90. The molecular weight excluding hydrogens is 394 g/mol. The maximum Gasteiger partial charge on any atom is 0.253 e. The van der Waals surface area contributed by atoms with Gasteiger partial charge in [0.2, 0.25) is 10.0 Å². The summed E-state index contributed by atoms with van der Waals surface area (Å²) < 4.78 is 24.8. The van der Waals surface area contributed by atoms with Crippen LogP contribution in [0.3, 0.4) is 0 Å². The second kappa shape index (κ2) is 9.07. The number of pyridine rings is 1. The first kappa shape index (κ1) is 20.8. The molecule has 8 heteroatoms. The fraction of sp³-hybridized carbons (Fsp3) is 0.400. The van der Waals surface area contributed by atoms with E-state index in [1.165, 1.54) is 10.6 Å². The number of carbonyl (C=O) groups is 1. The van der Waals surface area contributed by atoms with E-state index in [9.17, 15) is 13.2 Å². The van der Waals surface area contributed by atoms with E-state index in [1.54, 1.807) is 25.0 Å². The van der Waals surface area contributed by atoms with Crippen LogP contribution in [0.4, 0.5) is 0 Å². The molecular formula is C20H25N3O3S2. The number of carbonyl (C=O) groups excluding carboxylic acids is 1. The van der Waals surface area contributed by atoms with Crippen molar-refractivity contribution in [2.24, 2.45) is 0 Å². The van der Waals surface area contributed by atoms with Crippen molar-refractivity contribution in [1.29, 1.82) is 0 Å². The second-order valence-corrected chi connectivity index (χ2v) is 10.1. The SMILES string of the molecule is CN(C1CCN(C(=O)c2ccc(SCc3cccnc3)cc2)CC1)S(C)(=O)=O. The summed E-state index contributed by atoms with van der Waals surface area (Å²) in [7, 11) is -1.59. The van der Waals surface area contributed by atoms with Crippen molar-refractivity contribution < 1.29 is 13.2 Å².